The van der Waals surface area contributed by atoms with Gasteiger partial charge in [0.1, 0.15) is 6.07 Å². The van der Waals surface area contributed by atoms with Crippen LogP contribution in [-0.2, 0) is 6.54 Å². The van der Waals surface area contributed by atoms with Gasteiger partial charge in [-0.15, -0.1) is 0 Å². The minimum absolute atomic E-state index is 0.562. The third kappa shape index (κ3) is 3.61. The zero-order chi connectivity index (χ0) is 14.5. The van der Waals surface area contributed by atoms with E-state index < -0.39 is 0 Å². The fourth-order valence-electron chi connectivity index (χ4n) is 1.94. The topological polar surface area (TPSA) is 35.8 Å². The molecule has 2 rings (SSSR count). The van der Waals surface area contributed by atoms with Crippen LogP contribution in [0.15, 0.2) is 46.9 Å². The maximum Gasteiger partial charge on any atom is 0.100 e. The predicted molar refractivity (Wildman–Crippen MR) is 86.7 cm³/mol. The lowest BCUT2D eigenvalue weighted by molar-refractivity contribution is 0.865. The Balaban J connectivity index is 2.02. The van der Waals surface area contributed by atoms with Gasteiger partial charge in [0, 0.05) is 16.7 Å². The summed E-state index contributed by atoms with van der Waals surface area (Å²) < 4.78 is 0.820. The average Bonchev–Trinajstić information content (AvgIpc) is 2.45. The monoisotopic (exact) mass is 328 g/mol. The summed E-state index contributed by atoms with van der Waals surface area (Å²) in [5.74, 6) is 0.562. The van der Waals surface area contributed by atoms with Crippen LogP contribution in [0, 0.1) is 11.3 Å². The number of hydrogen-bond donors (Lipinski definition) is 1. The summed E-state index contributed by atoms with van der Waals surface area (Å²) >= 11 is 3.40. The largest absolute Gasteiger partial charge is 0.381 e. The van der Waals surface area contributed by atoms with Crippen LogP contribution in [0.2, 0.25) is 0 Å². The van der Waals surface area contributed by atoms with Gasteiger partial charge < -0.3 is 5.32 Å². The molecule has 0 aromatic heterocycles. The van der Waals surface area contributed by atoms with Crippen molar-refractivity contribution in [3.05, 3.63) is 63.6 Å². The van der Waals surface area contributed by atoms with Crippen molar-refractivity contribution in [3.8, 4) is 6.07 Å². The quantitative estimate of drug-likeness (QED) is 0.851. The SMILES string of the molecule is CC(C)c1ccc(CNc2ccc(C#N)c(Br)c2)cc1. The van der Waals surface area contributed by atoms with E-state index in [9.17, 15) is 0 Å². The zero-order valence-corrected chi connectivity index (χ0v) is 13.2. The molecule has 0 amide bonds. The molecular formula is C17H17BrN2. The second-order valence-electron chi connectivity index (χ2n) is 5.06. The van der Waals surface area contributed by atoms with E-state index in [4.69, 9.17) is 5.26 Å². The summed E-state index contributed by atoms with van der Waals surface area (Å²) in [5, 5.41) is 12.2. The number of nitriles is 1. The summed E-state index contributed by atoms with van der Waals surface area (Å²) in [5.41, 5.74) is 4.25. The molecule has 0 aliphatic heterocycles. The Kier molecular flexibility index (Phi) is 4.81. The molecule has 102 valence electrons. The van der Waals surface area contributed by atoms with E-state index in [1.165, 1.54) is 11.1 Å². The molecule has 2 nitrogen and oxygen atoms in total. The highest BCUT2D eigenvalue weighted by Gasteiger charge is 2.02. The number of rotatable bonds is 4. The third-order valence-electron chi connectivity index (χ3n) is 3.23. The Morgan fingerprint density at radius 2 is 1.85 bits per heavy atom. The van der Waals surface area contributed by atoms with Gasteiger partial charge >= 0.3 is 0 Å². The average molecular weight is 329 g/mol. The molecule has 0 radical (unpaired) electrons. The number of anilines is 1. The van der Waals surface area contributed by atoms with Crippen LogP contribution >= 0.6 is 15.9 Å². The second-order valence-corrected chi connectivity index (χ2v) is 5.91. The molecule has 1 N–H and O–H groups in total. The van der Waals surface area contributed by atoms with E-state index >= 15 is 0 Å². The first-order valence-electron chi connectivity index (χ1n) is 6.62. The molecular weight excluding hydrogens is 312 g/mol. The van der Waals surface area contributed by atoms with Gasteiger partial charge in [0.25, 0.3) is 0 Å². The second kappa shape index (κ2) is 6.58. The number of halogens is 1. The van der Waals surface area contributed by atoms with Crippen molar-refractivity contribution in [1.29, 1.82) is 5.26 Å². The van der Waals surface area contributed by atoms with Gasteiger partial charge in [-0.1, -0.05) is 38.1 Å². The van der Waals surface area contributed by atoms with Gasteiger partial charge in [-0.2, -0.15) is 5.26 Å². The first kappa shape index (κ1) is 14.6. The van der Waals surface area contributed by atoms with Gasteiger partial charge in [-0.3, -0.25) is 0 Å². The van der Waals surface area contributed by atoms with E-state index in [1.54, 1.807) is 0 Å². The normalized spacial score (nSPS) is 10.3. The van der Waals surface area contributed by atoms with Gasteiger partial charge in [0.15, 0.2) is 0 Å². The zero-order valence-electron chi connectivity index (χ0n) is 11.7. The molecule has 2 aromatic rings. The molecule has 0 fully saturated rings. The van der Waals surface area contributed by atoms with Crippen LogP contribution < -0.4 is 5.32 Å². The number of nitrogens with one attached hydrogen (secondary N) is 1. The highest BCUT2D eigenvalue weighted by atomic mass is 79.9. The van der Waals surface area contributed by atoms with Gasteiger partial charge in [0.05, 0.1) is 5.56 Å². The van der Waals surface area contributed by atoms with Crippen molar-refractivity contribution in [2.45, 2.75) is 26.3 Å². The van der Waals surface area contributed by atoms with Crippen LogP contribution in [0.3, 0.4) is 0 Å². The Bertz CT molecular complexity index is 624. The molecule has 0 heterocycles. The van der Waals surface area contributed by atoms with E-state index in [1.807, 2.05) is 18.2 Å². The van der Waals surface area contributed by atoms with Gasteiger partial charge in [-0.25, -0.2) is 0 Å². The van der Waals surface area contributed by atoms with E-state index in [0.717, 1.165) is 16.7 Å². The third-order valence-corrected chi connectivity index (χ3v) is 3.89. The lowest BCUT2D eigenvalue weighted by atomic mass is 10.0. The Morgan fingerprint density at radius 3 is 2.40 bits per heavy atom. The molecule has 0 atom stereocenters. The van der Waals surface area contributed by atoms with Crippen LogP contribution in [0.5, 0.6) is 0 Å². The Morgan fingerprint density at radius 1 is 1.15 bits per heavy atom. The summed E-state index contributed by atoms with van der Waals surface area (Å²) in [4.78, 5) is 0. The Hall–Kier alpha value is -1.79. The molecule has 0 spiro atoms. The lowest BCUT2D eigenvalue weighted by Gasteiger charge is -2.09. The Labute approximate surface area is 128 Å². The highest BCUT2D eigenvalue weighted by molar-refractivity contribution is 9.10. The first-order chi connectivity index (χ1) is 9.60. The maximum absolute atomic E-state index is 8.89. The number of nitrogens with zero attached hydrogens (tertiary/aromatic N) is 1. The molecule has 0 bridgehead atoms. The molecule has 0 aliphatic rings. The van der Waals surface area contributed by atoms with Crippen molar-refractivity contribution in [2.24, 2.45) is 0 Å². The highest BCUT2D eigenvalue weighted by Crippen LogP contribution is 2.21. The number of benzene rings is 2. The minimum Gasteiger partial charge on any atom is -0.381 e. The van der Waals surface area contributed by atoms with E-state index in [2.05, 4.69) is 65.4 Å². The molecule has 0 aliphatic carbocycles. The summed E-state index contributed by atoms with van der Waals surface area (Å²) in [6, 6.07) is 16.5. The summed E-state index contributed by atoms with van der Waals surface area (Å²) in [7, 11) is 0. The van der Waals surface area contributed by atoms with Crippen molar-refractivity contribution in [3.63, 3.8) is 0 Å². The predicted octanol–water partition coefficient (Wildman–Crippen LogP) is 5.06. The molecule has 2 aromatic carbocycles. The van der Waals surface area contributed by atoms with E-state index in [-0.39, 0.29) is 0 Å². The van der Waals surface area contributed by atoms with Gasteiger partial charge in [0.2, 0.25) is 0 Å². The van der Waals surface area contributed by atoms with Crippen molar-refractivity contribution in [1.82, 2.24) is 0 Å². The number of hydrogen-bond acceptors (Lipinski definition) is 2. The first-order valence-corrected chi connectivity index (χ1v) is 7.42. The molecule has 0 unspecified atom stereocenters. The molecule has 0 saturated carbocycles. The summed E-state index contributed by atoms with van der Waals surface area (Å²) in [6.07, 6.45) is 0. The summed E-state index contributed by atoms with van der Waals surface area (Å²) in [6.45, 7) is 5.17. The smallest absolute Gasteiger partial charge is 0.100 e. The lowest BCUT2D eigenvalue weighted by Crippen LogP contribution is -2.00. The fourth-order valence-corrected chi connectivity index (χ4v) is 2.41. The van der Waals surface area contributed by atoms with Crippen LogP contribution in [0.1, 0.15) is 36.5 Å². The fraction of sp³-hybridized carbons (Fsp3) is 0.235. The molecule has 20 heavy (non-hydrogen) atoms. The van der Waals surface area contributed by atoms with Crippen LogP contribution in [-0.4, -0.2) is 0 Å². The molecule has 3 heteroatoms. The van der Waals surface area contributed by atoms with Crippen LogP contribution in [0.25, 0.3) is 0 Å². The van der Waals surface area contributed by atoms with E-state index in [0.29, 0.717) is 11.5 Å². The minimum atomic E-state index is 0.562. The molecule has 0 saturated heterocycles. The van der Waals surface area contributed by atoms with Gasteiger partial charge in [-0.05, 0) is 51.2 Å². The van der Waals surface area contributed by atoms with Crippen molar-refractivity contribution in [2.75, 3.05) is 5.32 Å². The van der Waals surface area contributed by atoms with Crippen LogP contribution in [0.4, 0.5) is 5.69 Å². The van der Waals surface area contributed by atoms with Crippen molar-refractivity contribution >= 4 is 21.6 Å². The van der Waals surface area contributed by atoms with Crippen molar-refractivity contribution < 1.29 is 0 Å². The maximum atomic E-state index is 8.89. The standard InChI is InChI=1S/C17H17BrN2/c1-12(2)14-5-3-13(4-6-14)11-20-16-8-7-15(10-19)17(18)9-16/h3-9,12,20H,11H2,1-2H3.